The molecule has 1 aromatic heterocycles. The van der Waals surface area contributed by atoms with Gasteiger partial charge < -0.3 is 14.1 Å². The largest absolute Gasteiger partial charge is 0.459 e. The minimum absolute atomic E-state index is 0.199. The molecule has 1 fully saturated rings. The van der Waals surface area contributed by atoms with Crippen molar-refractivity contribution < 1.29 is 23.6 Å². The molecular weight excluding hydrogens is 324 g/mol. The van der Waals surface area contributed by atoms with Gasteiger partial charge >= 0.3 is 0 Å². The molecule has 7 heteroatoms. The van der Waals surface area contributed by atoms with Crippen LogP contribution in [-0.2, 0) is 9.57 Å². The molecule has 2 aromatic rings. The number of furan rings is 1. The Bertz CT molecular complexity index is 723. The molecule has 1 atom stereocenters. The van der Waals surface area contributed by atoms with Crippen LogP contribution in [0, 0.1) is 0 Å². The summed E-state index contributed by atoms with van der Waals surface area (Å²) in [5, 5.41) is 0. The third-order valence-corrected chi connectivity index (χ3v) is 3.97. The number of benzene rings is 1. The van der Waals surface area contributed by atoms with Gasteiger partial charge in [-0.2, -0.15) is 0 Å². The Morgan fingerprint density at radius 3 is 2.76 bits per heavy atom. The van der Waals surface area contributed by atoms with Crippen molar-refractivity contribution >= 4 is 17.5 Å². The first-order valence-corrected chi connectivity index (χ1v) is 8.15. The summed E-state index contributed by atoms with van der Waals surface area (Å²) >= 11 is 0. The first-order chi connectivity index (χ1) is 12.2. The number of carbonyl (C=O) groups excluding carboxylic acids is 2. The average molecular weight is 344 g/mol. The number of nitrogens with one attached hydrogen (secondary N) is 1. The average Bonchev–Trinajstić information content (AvgIpc) is 3.20. The smallest absolute Gasteiger partial charge is 0.293 e. The number of hydrogen-bond acceptors (Lipinski definition) is 5. The van der Waals surface area contributed by atoms with Crippen LogP contribution in [-0.4, -0.2) is 31.8 Å². The molecule has 0 saturated carbocycles. The molecule has 2 amide bonds. The minimum atomic E-state index is -0.441. The molecule has 1 aromatic carbocycles. The first kappa shape index (κ1) is 17.2. The van der Waals surface area contributed by atoms with Gasteiger partial charge in [-0.1, -0.05) is 12.1 Å². The van der Waals surface area contributed by atoms with E-state index >= 15 is 0 Å². The highest BCUT2D eigenvalue weighted by atomic mass is 16.8. The van der Waals surface area contributed by atoms with Crippen molar-refractivity contribution in [1.82, 2.24) is 5.48 Å². The molecule has 1 unspecified atom stereocenters. The zero-order valence-electron chi connectivity index (χ0n) is 13.9. The van der Waals surface area contributed by atoms with E-state index in [1.165, 1.54) is 11.2 Å². The van der Waals surface area contributed by atoms with Crippen LogP contribution in [0.3, 0.4) is 0 Å². The lowest BCUT2D eigenvalue weighted by Crippen LogP contribution is -2.34. The fraction of sp³-hybridized carbons (Fsp3) is 0.333. The van der Waals surface area contributed by atoms with Crippen molar-refractivity contribution in [3.63, 3.8) is 0 Å². The Morgan fingerprint density at radius 1 is 1.20 bits per heavy atom. The van der Waals surface area contributed by atoms with Gasteiger partial charge in [0.05, 0.1) is 17.5 Å². The Kier molecular flexibility index (Phi) is 5.47. The number of anilines is 1. The quantitative estimate of drug-likeness (QED) is 0.844. The number of hydroxylamine groups is 1. The second-order valence-electron chi connectivity index (χ2n) is 5.70. The van der Waals surface area contributed by atoms with Crippen LogP contribution < -0.4 is 10.4 Å². The predicted molar refractivity (Wildman–Crippen MR) is 90.0 cm³/mol. The van der Waals surface area contributed by atoms with Gasteiger partial charge in [-0.15, -0.1) is 0 Å². The van der Waals surface area contributed by atoms with Crippen molar-refractivity contribution in [2.75, 3.05) is 18.6 Å². The second-order valence-corrected chi connectivity index (χ2v) is 5.70. The standard InChI is InChI=1S/C18H20N2O5/c1-20(18(22)15-9-6-12-23-15)14-8-3-2-7-13(14)17(21)19-25-16-10-4-5-11-24-16/h2-3,6-9,12,16H,4-5,10-11H2,1H3,(H,19,21). The second kappa shape index (κ2) is 7.96. The number of ether oxygens (including phenoxy) is 1. The fourth-order valence-electron chi connectivity index (χ4n) is 2.61. The van der Waals surface area contributed by atoms with Crippen LogP contribution in [0.4, 0.5) is 5.69 Å². The number of para-hydroxylation sites is 1. The molecule has 0 aliphatic carbocycles. The highest BCUT2D eigenvalue weighted by Crippen LogP contribution is 2.21. The molecular formula is C18H20N2O5. The first-order valence-electron chi connectivity index (χ1n) is 8.15. The van der Waals surface area contributed by atoms with Gasteiger partial charge in [0.1, 0.15) is 0 Å². The van der Waals surface area contributed by atoms with Gasteiger partial charge in [0.15, 0.2) is 12.1 Å². The fourth-order valence-corrected chi connectivity index (χ4v) is 2.61. The summed E-state index contributed by atoms with van der Waals surface area (Å²) in [6.45, 7) is 0.623. The maximum Gasteiger partial charge on any atom is 0.293 e. The molecule has 25 heavy (non-hydrogen) atoms. The van der Waals surface area contributed by atoms with Gasteiger partial charge in [-0.25, -0.2) is 10.3 Å². The van der Waals surface area contributed by atoms with Gasteiger partial charge in [0.2, 0.25) is 0 Å². The van der Waals surface area contributed by atoms with E-state index in [0.29, 0.717) is 17.9 Å². The van der Waals surface area contributed by atoms with E-state index in [1.54, 1.807) is 43.4 Å². The van der Waals surface area contributed by atoms with Gasteiger partial charge in [-0.3, -0.25) is 9.59 Å². The summed E-state index contributed by atoms with van der Waals surface area (Å²) in [5.41, 5.74) is 3.19. The van der Waals surface area contributed by atoms with Crippen molar-refractivity contribution in [1.29, 1.82) is 0 Å². The molecule has 1 saturated heterocycles. The minimum Gasteiger partial charge on any atom is -0.459 e. The summed E-state index contributed by atoms with van der Waals surface area (Å²) in [5.74, 6) is -0.588. The number of amides is 2. The normalized spacial score (nSPS) is 17.1. The summed E-state index contributed by atoms with van der Waals surface area (Å²) < 4.78 is 10.5. The number of rotatable bonds is 5. The third-order valence-electron chi connectivity index (χ3n) is 3.97. The highest BCUT2D eigenvalue weighted by molar-refractivity contribution is 6.08. The molecule has 132 valence electrons. The summed E-state index contributed by atoms with van der Waals surface area (Å²) in [4.78, 5) is 31.6. The van der Waals surface area contributed by atoms with E-state index in [4.69, 9.17) is 14.0 Å². The lowest BCUT2D eigenvalue weighted by molar-refractivity contribution is -0.186. The lowest BCUT2D eigenvalue weighted by Gasteiger charge is -2.23. The van der Waals surface area contributed by atoms with Crippen LogP contribution in [0.2, 0.25) is 0 Å². The van der Waals surface area contributed by atoms with Crippen molar-refractivity contribution in [3.05, 3.63) is 54.0 Å². The molecule has 1 N–H and O–H groups in total. The molecule has 1 aliphatic rings. The maximum atomic E-state index is 12.5. The zero-order valence-corrected chi connectivity index (χ0v) is 13.9. The Labute approximate surface area is 145 Å². The van der Waals surface area contributed by atoms with Crippen LogP contribution in [0.15, 0.2) is 47.1 Å². The van der Waals surface area contributed by atoms with Crippen LogP contribution in [0.25, 0.3) is 0 Å². The van der Waals surface area contributed by atoms with Gasteiger partial charge in [0, 0.05) is 20.1 Å². The zero-order chi connectivity index (χ0) is 17.6. The highest BCUT2D eigenvalue weighted by Gasteiger charge is 2.22. The van der Waals surface area contributed by atoms with E-state index in [9.17, 15) is 9.59 Å². The van der Waals surface area contributed by atoms with E-state index in [0.717, 1.165) is 19.3 Å². The van der Waals surface area contributed by atoms with E-state index in [-0.39, 0.29) is 11.7 Å². The monoisotopic (exact) mass is 344 g/mol. The molecule has 0 spiro atoms. The summed E-state index contributed by atoms with van der Waals surface area (Å²) in [7, 11) is 1.59. The van der Waals surface area contributed by atoms with Crippen molar-refractivity contribution in [2.24, 2.45) is 0 Å². The Hall–Kier alpha value is -2.64. The van der Waals surface area contributed by atoms with Gasteiger partial charge in [-0.05, 0) is 37.1 Å². The number of carbonyl (C=O) groups is 2. The van der Waals surface area contributed by atoms with Crippen LogP contribution in [0.1, 0.15) is 40.2 Å². The molecule has 3 rings (SSSR count). The van der Waals surface area contributed by atoms with E-state index in [2.05, 4.69) is 5.48 Å². The number of hydrogen-bond donors (Lipinski definition) is 1. The Morgan fingerprint density at radius 2 is 2.04 bits per heavy atom. The van der Waals surface area contributed by atoms with E-state index < -0.39 is 12.2 Å². The van der Waals surface area contributed by atoms with E-state index in [1.807, 2.05) is 0 Å². The van der Waals surface area contributed by atoms with Gasteiger partial charge in [0.25, 0.3) is 11.8 Å². The SMILES string of the molecule is CN(C(=O)c1ccco1)c1ccccc1C(=O)NOC1CCCCO1. The predicted octanol–water partition coefficient (Wildman–Crippen LogP) is 2.74. The molecule has 0 bridgehead atoms. The van der Waals surface area contributed by atoms with Crippen LogP contribution >= 0.6 is 0 Å². The summed E-state index contributed by atoms with van der Waals surface area (Å²) in [6.07, 6.45) is 3.72. The number of nitrogens with zero attached hydrogens (tertiary/aromatic N) is 1. The lowest BCUT2D eigenvalue weighted by atomic mass is 10.1. The molecule has 7 nitrogen and oxygen atoms in total. The molecule has 2 heterocycles. The topological polar surface area (TPSA) is 81.0 Å². The maximum absolute atomic E-state index is 12.5. The third kappa shape index (κ3) is 4.07. The van der Waals surface area contributed by atoms with Crippen LogP contribution in [0.5, 0.6) is 0 Å². The van der Waals surface area contributed by atoms with Crippen molar-refractivity contribution in [2.45, 2.75) is 25.6 Å². The molecule has 0 radical (unpaired) electrons. The van der Waals surface area contributed by atoms with Crippen molar-refractivity contribution in [3.8, 4) is 0 Å². The molecule has 1 aliphatic heterocycles. The summed E-state index contributed by atoms with van der Waals surface area (Å²) in [6, 6.07) is 10.0. The Balaban J connectivity index is 1.71.